The molecule has 8 heteroatoms. The minimum absolute atomic E-state index is 0.0573. The molecule has 0 radical (unpaired) electrons. The molecule has 2 aromatic rings. The first-order valence-corrected chi connectivity index (χ1v) is 6.05. The highest BCUT2D eigenvalue weighted by Gasteiger charge is 2.13. The van der Waals surface area contributed by atoms with E-state index in [1.807, 2.05) is 0 Å². The van der Waals surface area contributed by atoms with E-state index in [9.17, 15) is 9.18 Å². The first-order chi connectivity index (χ1) is 8.95. The zero-order chi connectivity index (χ0) is 14.0. The van der Waals surface area contributed by atoms with E-state index in [4.69, 9.17) is 34.8 Å². The Balaban J connectivity index is 2.28. The Bertz CT molecular complexity index is 631. The summed E-state index contributed by atoms with van der Waals surface area (Å²) in [5, 5.41) is 2.52. The van der Waals surface area contributed by atoms with Crippen LogP contribution in [0.1, 0.15) is 10.4 Å². The maximum absolute atomic E-state index is 13.5. The summed E-state index contributed by atoms with van der Waals surface area (Å²) in [5.74, 6) is -1.35. The third-order valence-electron chi connectivity index (χ3n) is 2.08. The maximum atomic E-state index is 13.5. The lowest BCUT2D eigenvalue weighted by Crippen LogP contribution is -2.15. The number of aromatic nitrogens is 2. The summed E-state index contributed by atoms with van der Waals surface area (Å²) in [4.78, 5) is 19.2. The maximum Gasteiger partial charge on any atom is 0.259 e. The van der Waals surface area contributed by atoms with Gasteiger partial charge in [0.05, 0.1) is 5.56 Å². The van der Waals surface area contributed by atoms with Gasteiger partial charge in [0.2, 0.25) is 5.28 Å². The van der Waals surface area contributed by atoms with Gasteiger partial charge >= 0.3 is 0 Å². The predicted molar refractivity (Wildman–Crippen MR) is 71.4 cm³/mol. The number of rotatable bonds is 2. The van der Waals surface area contributed by atoms with Crippen LogP contribution in [0, 0.1) is 5.82 Å². The van der Waals surface area contributed by atoms with E-state index in [1.54, 1.807) is 0 Å². The average Bonchev–Trinajstić information content (AvgIpc) is 2.30. The lowest BCUT2D eigenvalue weighted by atomic mass is 10.2. The lowest BCUT2D eigenvalue weighted by Gasteiger charge is -2.06. The number of carbonyl (C=O) groups excluding carboxylic acids is 1. The fourth-order valence-electron chi connectivity index (χ4n) is 1.31. The molecule has 0 unspecified atom stereocenters. The van der Waals surface area contributed by atoms with Crippen LogP contribution in [0.2, 0.25) is 15.5 Å². The number of amides is 1. The van der Waals surface area contributed by atoms with Gasteiger partial charge in [0.1, 0.15) is 16.8 Å². The number of hydrogen-bond acceptors (Lipinski definition) is 3. The Morgan fingerprint density at radius 1 is 1.16 bits per heavy atom. The largest absolute Gasteiger partial charge is 0.306 e. The van der Waals surface area contributed by atoms with E-state index in [0.717, 1.165) is 6.07 Å². The monoisotopic (exact) mass is 319 g/mol. The van der Waals surface area contributed by atoms with Crippen molar-refractivity contribution in [2.24, 2.45) is 0 Å². The van der Waals surface area contributed by atoms with E-state index < -0.39 is 11.7 Å². The Labute approximate surface area is 122 Å². The summed E-state index contributed by atoms with van der Waals surface area (Å²) in [7, 11) is 0. The molecule has 0 atom stereocenters. The van der Waals surface area contributed by atoms with Crippen molar-refractivity contribution in [2.45, 2.75) is 0 Å². The molecule has 0 saturated carbocycles. The molecule has 1 amide bonds. The molecule has 98 valence electrons. The number of halogens is 4. The minimum Gasteiger partial charge on any atom is -0.306 e. The fraction of sp³-hybridized carbons (Fsp3) is 0. The summed E-state index contributed by atoms with van der Waals surface area (Å²) in [5.41, 5.74) is -0.210. The summed E-state index contributed by atoms with van der Waals surface area (Å²) in [6.45, 7) is 0. The molecular weight excluding hydrogens is 315 g/mol. The first kappa shape index (κ1) is 14.0. The van der Waals surface area contributed by atoms with E-state index >= 15 is 0 Å². The summed E-state index contributed by atoms with van der Waals surface area (Å²) in [6.07, 6.45) is 0. The van der Waals surface area contributed by atoms with Gasteiger partial charge < -0.3 is 5.32 Å². The summed E-state index contributed by atoms with van der Waals surface area (Å²) < 4.78 is 13.5. The highest BCUT2D eigenvalue weighted by atomic mass is 35.5. The molecular formula is C11H5Cl3FN3O. The third-order valence-corrected chi connectivity index (χ3v) is 2.68. The Morgan fingerprint density at radius 2 is 1.89 bits per heavy atom. The molecule has 0 fully saturated rings. The third kappa shape index (κ3) is 3.53. The molecule has 0 spiro atoms. The lowest BCUT2D eigenvalue weighted by molar-refractivity contribution is 0.102. The molecule has 1 heterocycles. The fourth-order valence-corrected chi connectivity index (χ4v) is 1.89. The molecule has 0 saturated heterocycles. The van der Waals surface area contributed by atoms with Crippen LogP contribution in [0.4, 0.5) is 10.2 Å². The molecule has 4 nitrogen and oxygen atoms in total. The molecule has 19 heavy (non-hydrogen) atoms. The number of anilines is 1. The van der Waals surface area contributed by atoms with E-state index in [-0.39, 0.29) is 26.8 Å². The van der Waals surface area contributed by atoms with Gasteiger partial charge in [0.15, 0.2) is 0 Å². The first-order valence-electron chi connectivity index (χ1n) is 4.92. The van der Waals surface area contributed by atoms with Crippen molar-refractivity contribution in [1.29, 1.82) is 0 Å². The van der Waals surface area contributed by atoms with Crippen molar-refractivity contribution in [1.82, 2.24) is 9.97 Å². The highest BCUT2D eigenvalue weighted by Crippen LogP contribution is 2.18. The Morgan fingerprint density at radius 3 is 2.58 bits per heavy atom. The highest BCUT2D eigenvalue weighted by molar-refractivity contribution is 6.32. The minimum atomic E-state index is -0.717. The zero-order valence-electron chi connectivity index (χ0n) is 9.12. The normalized spacial score (nSPS) is 10.3. The molecule has 1 aromatic carbocycles. The van der Waals surface area contributed by atoms with Gasteiger partial charge in [-0.3, -0.25) is 4.79 Å². The molecule has 1 aromatic heterocycles. The van der Waals surface area contributed by atoms with Crippen molar-refractivity contribution in [2.75, 3.05) is 5.32 Å². The van der Waals surface area contributed by atoms with Crippen molar-refractivity contribution < 1.29 is 9.18 Å². The molecule has 1 N–H and O–H groups in total. The van der Waals surface area contributed by atoms with Crippen LogP contribution in [0.3, 0.4) is 0 Å². The van der Waals surface area contributed by atoms with Gasteiger partial charge in [-0.05, 0) is 29.8 Å². The van der Waals surface area contributed by atoms with Gasteiger partial charge in [-0.25, -0.2) is 14.4 Å². The van der Waals surface area contributed by atoms with Crippen LogP contribution >= 0.6 is 34.8 Å². The zero-order valence-corrected chi connectivity index (χ0v) is 11.4. The van der Waals surface area contributed by atoms with Crippen molar-refractivity contribution >= 4 is 46.5 Å². The quantitative estimate of drug-likeness (QED) is 0.676. The van der Waals surface area contributed by atoms with Crippen molar-refractivity contribution in [3.8, 4) is 0 Å². The number of hydrogen-bond donors (Lipinski definition) is 1. The van der Waals surface area contributed by atoms with Gasteiger partial charge in [-0.15, -0.1) is 0 Å². The van der Waals surface area contributed by atoms with Crippen LogP contribution in [-0.2, 0) is 0 Å². The standard InChI is InChI=1S/C11H5Cl3FN3O/c12-5-1-2-7(15)6(3-5)10(19)17-9-4-8(13)16-11(14)18-9/h1-4H,(H,16,17,18,19). The second-order valence-electron chi connectivity index (χ2n) is 3.42. The second kappa shape index (κ2) is 5.69. The van der Waals surface area contributed by atoms with Crippen molar-refractivity contribution in [3.63, 3.8) is 0 Å². The molecule has 2 rings (SSSR count). The van der Waals surface area contributed by atoms with Gasteiger partial charge in [-0.2, -0.15) is 0 Å². The van der Waals surface area contributed by atoms with Crippen LogP contribution in [0.5, 0.6) is 0 Å². The van der Waals surface area contributed by atoms with Crippen LogP contribution < -0.4 is 5.32 Å². The number of benzene rings is 1. The van der Waals surface area contributed by atoms with Gasteiger partial charge in [-0.1, -0.05) is 23.2 Å². The van der Waals surface area contributed by atoms with Crippen LogP contribution in [-0.4, -0.2) is 15.9 Å². The summed E-state index contributed by atoms with van der Waals surface area (Å²) >= 11 is 16.9. The Kier molecular flexibility index (Phi) is 4.19. The van der Waals surface area contributed by atoms with Gasteiger partial charge in [0.25, 0.3) is 5.91 Å². The van der Waals surface area contributed by atoms with E-state index in [2.05, 4.69) is 15.3 Å². The molecule has 0 aliphatic carbocycles. The SMILES string of the molecule is O=C(Nc1cc(Cl)nc(Cl)n1)c1cc(Cl)ccc1F. The Hall–Kier alpha value is -1.43. The van der Waals surface area contributed by atoms with Crippen molar-refractivity contribution in [3.05, 3.63) is 51.1 Å². The van der Waals surface area contributed by atoms with Crippen LogP contribution in [0.25, 0.3) is 0 Å². The summed E-state index contributed by atoms with van der Waals surface area (Å²) in [6, 6.07) is 4.92. The topological polar surface area (TPSA) is 54.9 Å². The van der Waals surface area contributed by atoms with E-state index in [1.165, 1.54) is 18.2 Å². The number of nitrogens with zero attached hydrogens (tertiary/aromatic N) is 2. The predicted octanol–water partition coefficient (Wildman–Crippen LogP) is 3.83. The molecule has 0 bridgehead atoms. The molecule has 0 aliphatic heterocycles. The smallest absolute Gasteiger partial charge is 0.259 e. The van der Waals surface area contributed by atoms with Crippen LogP contribution in [0.15, 0.2) is 24.3 Å². The van der Waals surface area contributed by atoms with Gasteiger partial charge in [0, 0.05) is 11.1 Å². The van der Waals surface area contributed by atoms with E-state index in [0.29, 0.717) is 0 Å². The average molecular weight is 321 g/mol. The second-order valence-corrected chi connectivity index (χ2v) is 4.58. The molecule has 0 aliphatic rings. The number of carbonyl (C=O) groups is 1. The number of nitrogens with one attached hydrogen (secondary N) is 1.